The fourth-order valence-corrected chi connectivity index (χ4v) is 4.94. The lowest BCUT2D eigenvalue weighted by Gasteiger charge is -2.26. The fraction of sp³-hybridized carbons (Fsp3) is 0.421. The van der Waals surface area contributed by atoms with Crippen molar-refractivity contribution in [2.45, 2.75) is 33.2 Å². The SMILES string of the molecule is CCN(C(=O)c1cnc(Nc2ccc(C)c(C)c2)nc1)C1CCS(=O)(=O)C1. The largest absolute Gasteiger partial charge is 0.335 e. The van der Waals surface area contributed by atoms with Crippen molar-refractivity contribution in [3.8, 4) is 0 Å². The van der Waals surface area contributed by atoms with Crippen LogP contribution in [-0.2, 0) is 9.84 Å². The number of benzene rings is 1. The van der Waals surface area contributed by atoms with Crippen molar-refractivity contribution in [3.63, 3.8) is 0 Å². The number of aromatic nitrogens is 2. The lowest BCUT2D eigenvalue weighted by atomic mass is 10.1. The Balaban J connectivity index is 1.72. The van der Waals surface area contributed by atoms with Gasteiger partial charge in [0.2, 0.25) is 5.95 Å². The van der Waals surface area contributed by atoms with E-state index in [1.54, 1.807) is 4.90 Å². The Bertz CT molecular complexity index is 942. The summed E-state index contributed by atoms with van der Waals surface area (Å²) in [6, 6.07) is 5.70. The minimum atomic E-state index is -3.05. The van der Waals surface area contributed by atoms with E-state index in [1.165, 1.54) is 18.0 Å². The van der Waals surface area contributed by atoms with Crippen LogP contribution in [0.25, 0.3) is 0 Å². The zero-order valence-corrected chi connectivity index (χ0v) is 16.6. The molecule has 1 amide bonds. The minimum absolute atomic E-state index is 0.0276. The standard InChI is InChI=1S/C19H24N4O3S/c1-4-23(17-7-8-27(25,26)12-17)18(24)15-10-20-19(21-11-15)22-16-6-5-13(2)14(3)9-16/h5-6,9-11,17H,4,7-8,12H2,1-3H3,(H,20,21,22). The second-order valence-electron chi connectivity index (χ2n) is 6.87. The highest BCUT2D eigenvalue weighted by Crippen LogP contribution is 2.20. The van der Waals surface area contributed by atoms with Crippen LogP contribution in [0.15, 0.2) is 30.6 Å². The maximum Gasteiger partial charge on any atom is 0.257 e. The van der Waals surface area contributed by atoms with Crippen molar-refractivity contribution in [2.24, 2.45) is 0 Å². The number of hydrogen-bond acceptors (Lipinski definition) is 6. The predicted molar refractivity (Wildman–Crippen MR) is 105 cm³/mol. The van der Waals surface area contributed by atoms with E-state index in [0.717, 1.165) is 11.3 Å². The predicted octanol–water partition coefficient (Wildman–Crippen LogP) is 2.49. The molecule has 0 bridgehead atoms. The topological polar surface area (TPSA) is 92.3 Å². The number of anilines is 2. The van der Waals surface area contributed by atoms with Crippen LogP contribution in [0.3, 0.4) is 0 Å². The molecule has 8 heteroatoms. The normalized spacial score (nSPS) is 18.3. The highest BCUT2D eigenvalue weighted by Gasteiger charge is 2.34. The van der Waals surface area contributed by atoms with Crippen molar-refractivity contribution in [1.82, 2.24) is 14.9 Å². The Hall–Kier alpha value is -2.48. The molecule has 0 spiro atoms. The van der Waals surface area contributed by atoms with Crippen LogP contribution in [0.2, 0.25) is 0 Å². The van der Waals surface area contributed by atoms with E-state index in [2.05, 4.69) is 15.3 Å². The third-order valence-electron chi connectivity index (χ3n) is 4.91. The summed E-state index contributed by atoms with van der Waals surface area (Å²) < 4.78 is 23.4. The van der Waals surface area contributed by atoms with Gasteiger partial charge in [-0.15, -0.1) is 0 Å². The maximum absolute atomic E-state index is 12.8. The number of rotatable bonds is 5. The maximum atomic E-state index is 12.8. The summed E-state index contributed by atoms with van der Waals surface area (Å²) in [5, 5.41) is 3.12. The fourth-order valence-electron chi connectivity index (χ4n) is 3.21. The van der Waals surface area contributed by atoms with Gasteiger partial charge in [0.15, 0.2) is 9.84 Å². The number of aryl methyl sites for hydroxylation is 2. The molecular weight excluding hydrogens is 364 g/mol. The molecule has 27 heavy (non-hydrogen) atoms. The lowest BCUT2D eigenvalue weighted by molar-refractivity contribution is 0.0707. The van der Waals surface area contributed by atoms with Gasteiger partial charge in [-0.3, -0.25) is 4.79 Å². The van der Waals surface area contributed by atoms with Crippen LogP contribution in [0.4, 0.5) is 11.6 Å². The van der Waals surface area contributed by atoms with E-state index < -0.39 is 9.84 Å². The van der Waals surface area contributed by atoms with Crippen molar-refractivity contribution in [1.29, 1.82) is 0 Å². The molecule has 1 aliphatic rings. The van der Waals surface area contributed by atoms with E-state index >= 15 is 0 Å². The third kappa shape index (κ3) is 4.44. The van der Waals surface area contributed by atoms with E-state index in [-0.39, 0.29) is 23.5 Å². The van der Waals surface area contributed by atoms with Crippen LogP contribution in [0, 0.1) is 13.8 Å². The van der Waals surface area contributed by atoms with Gasteiger partial charge in [0.1, 0.15) is 0 Å². The zero-order valence-electron chi connectivity index (χ0n) is 15.8. The smallest absolute Gasteiger partial charge is 0.257 e. The first kappa shape index (κ1) is 19.3. The molecule has 7 nitrogen and oxygen atoms in total. The molecule has 144 valence electrons. The van der Waals surface area contributed by atoms with Gasteiger partial charge >= 0.3 is 0 Å². The molecule has 1 unspecified atom stereocenters. The second kappa shape index (κ2) is 7.64. The molecule has 2 heterocycles. The summed E-state index contributed by atoms with van der Waals surface area (Å²) in [4.78, 5) is 22.8. The molecule has 0 saturated carbocycles. The number of sulfone groups is 1. The first-order valence-electron chi connectivity index (χ1n) is 8.97. The molecular formula is C19H24N4O3S. The van der Waals surface area contributed by atoms with E-state index in [1.807, 2.05) is 39.0 Å². The number of amides is 1. The van der Waals surface area contributed by atoms with Crippen LogP contribution in [0.5, 0.6) is 0 Å². The molecule has 1 N–H and O–H groups in total. The lowest BCUT2D eigenvalue weighted by Crippen LogP contribution is -2.41. The van der Waals surface area contributed by atoms with Crippen LogP contribution < -0.4 is 5.32 Å². The summed E-state index contributed by atoms with van der Waals surface area (Å²) in [7, 11) is -3.05. The van der Waals surface area contributed by atoms with Gasteiger partial charge in [-0.2, -0.15) is 0 Å². The minimum Gasteiger partial charge on any atom is -0.335 e. The molecule has 1 aliphatic heterocycles. The summed E-state index contributed by atoms with van der Waals surface area (Å²) in [5.74, 6) is 0.329. The van der Waals surface area contributed by atoms with Gasteiger partial charge in [-0.05, 0) is 50.5 Å². The van der Waals surface area contributed by atoms with Gasteiger partial charge in [0.05, 0.1) is 17.1 Å². The van der Waals surface area contributed by atoms with Gasteiger partial charge < -0.3 is 10.2 Å². The summed E-state index contributed by atoms with van der Waals surface area (Å²) in [6.45, 7) is 6.37. The number of carbonyl (C=O) groups is 1. The molecule has 0 radical (unpaired) electrons. The number of nitrogens with one attached hydrogen (secondary N) is 1. The Morgan fingerprint density at radius 2 is 1.93 bits per heavy atom. The van der Waals surface area contributed by atoms with Crippen molar-refractivity contribution < 1.29 is 13.2 Å². The quantitative estimate of drug-likeness (QED) is 0.846. The number of carbonyl (C=O) groups excluding carboxylic acids is 1. The Kier molecular flexibility index (Phi) is 5.46. The highest BCUT2D eigenvalue weighted by atomic mass is 32.2. The van der Waals surface area contributed by atoms with E-state index in [9.17, 15) is 13.2 Å². The van der Waals surface area contributed by atoms with Crippen LogP contribution in [-0.4, -0.2) is 53.3 Å². The van der Waals surface area contributed by atoms with Gasteiger partial charge in [0.25, 0.3) is 5.91 Å². The Morgan fingerprint density at radius 1 is 1.22 bits per heavy atom. The Labute approximate surface area is 159 Å². The number of hydrogen-bond donors (Lipinski definition) is 1. The van der Waals surface area contributed by atoms with Crippen LogP contribution in [0.1, 0.15) is 34.8 Å². The van der Waals surface area contributed by atoms with Crippen molar-refractivity contribution >= 4 is 27.4 Å². The summed E-state index contributed by atoms with van der Waals surface area (Å²) in [6.07, 6.45) is 3.44. The third-order valence-corrected chi connectivity index (χ3v) is 6.66. The van der Waals surface area contributed by atoms with E-state index in [0.29, 0.717) is 24.5 Å². The monoisotopic (exact) mass is 388 g/mol. The van der Waals surface area contributed by atoms with Gasteiger partial charge in [-0.1, -0.05) is 6.07 Å². The molecule has 1 saturated heterocycles. The molecule has 1 atom stereocenters. The number of nitrogens with zero attached hydrogens (tertiary/aromatic N) is 3. The van der Waals surface area contributed by atoms with Crippen molar-refractivity contribution in [2.75, 3.05) is 23.4 Å². The van der Waals surface area contributed by atoms with Gasteiger partial charge in [0, 0.05) is 30.7 Å². The second-order valence-corrected chi connectivity index (χ2v) is 9.10. The zero-order chi connectivity index (χ0) is 19.6. The van der Waals surface area contributed by atoms with E-state index in [4.69, 9.17) is 0 Å². The summed E-state index contributed by atoms with van der Waals surface area (Å²) in [5.41, 5.74) is 3.60. The molecule has 1 aromatic heterocycles. The summed E-state index contributed by atoms with van der Waals surface area (Å²) >= 11 is 0. The molecule has 2 aromatic rings. The highest BCUT2D eigenvalue weighted by molar-refractivity contribution is 7.91. The molecule has 1 aromatic carbocycles. The molecule has 0 aliphatic carbocycles. The molecule has 1 fully saturated rings. The van der Waals surface area contributed by atoms with Crippen LogP contribution >= 0.6 is 0 Å². The average molecular weight is 388 g/mol. The molecule has 3 rings (SSSR count). The first-order chi connectivity index (χ1) is 12.8. The van der Waals surface area contributed by atoms with Gasteiger partial charge in [-0.25, -0.2) is 18.4 Å². The average Bonchev–Trinajstić information content (AvgIpc) is 2.99. The van der Waals surface area contributed by atoms with Crippen molar-refractivity contribution in [3.05, 3.63) is 47.3 Å². The Morgan fingerprint density at radius 3 is 2.48 bits per heavy atom. The first-order valence-corrected chi connectivity index (χ1v) is 10.8.